The molecule has 0 spiro atoms. The highest BCUT2D eigenvalue weighted by molar-refractivity contribution is 7.19. The maximum Gasteiger partial charge on any atom is 0.141 e. The molecule has 21 heavy (non-hydrogen) atoms. The van der Waals surface area contributed by atoms with Crippen LogP contribution in [0.4, 0.5) is 4.39 Å². The average molecular weight is 321 g/mol. The lowest BCUT2D eigenvalue weighted by Gasteiger charge is -2.22. The van der Waals surface area contributed by atoms with Crippen LogP contribution in [0.3, 0.4) is 0 Å². The second kappa shape index (κ2) is 5.41. The van der Waals surface area contributed by atoms with Crippen molar-refractivity contribution in [1.29, 1.82) is 0 Å². The number of halogens is 2. The first-order valence-corrected chi connectivity index (χ1v) is 7.80. The predicted molar refractivity (Wildman–Crippen MR) is 86.5 cm³/mol. The molecule has 0 aliphatic heterocycles. The van der Waals surface area contributed by atoms with Gasteiger partial charge in [0.2, 0.25) is 0 Å². The zero-order chi connectivity index (χ0) is 15.0. The van der Waals surface area contributed by atoms with Gasteiger partial charge in [0.1, 0.15) is 5.82 Å². The Balaban J connectivity index is 1.93. The maximum absolute atomic E-state index is 13.2. The van der Waals surface area contributed by atoms with E-state index in [1.165, 1.54) is 6.07 Å². The Morgan fingerprint density at radius 2 is 1.95 bits per heavy atom. The average Bonchev–Trinajstić information content (AvgIpc) is 2.87. The van der Waals surface area contributed by atoms with Crippen molar-refractivity contribution in [2.24, 2.45) is 0 Å². The molecule has 0 radical (unpaired) electrons. The van der Waals surface area contributed by atoms with Crippen LogP contribution in [-0.2, 0) is 12.0 Å². The van der Waals surface area contributed by atoms with Crippen LogP contribution in [0.2, 0.25) is 5.02 Å². The fraction of sp³-hybridized carbons (Fsp3) is 0.176. The monoisotopic (exact) mass is 320 g/mol. The number of rotatable bonds is 3. The highest BCUT2D eigenvalue weighted by atomic mass is 35.5. The van der Waals surface area contributed by atoms with Crippen molar-refractivity contribution in [3.05, 3.63) is 69.8 Å². The molecule has 0 amide bonds. The van der Waals surface area contributed by atoms with E-state index in [9.17, 15) is 9.50 Å². The summed E-state index contributed by atoms with van der Waals surface area (Å²) in [5.74, 6) is -0.443. The quantitative estimate of drug-likeness (QED) is 0.708. The molecule has 2 aromatic carbocycles. The molecule has 1 unspecified atom stereocenters. The summed E-state index contributed by atoms with van der Waals surface area (Å²) in [6, 6.07) is 14.6. The molecule has 1 atom stereocenters. The molecule has 108 valence electrons. The first-order chi connectivity index (χ1) is 9.95. The van der Waals surface area contributed by atoms with Gasteiger partial charge in [-0.25, -0.2) is 4.39 Å². The minimum atomic E-state index is -1.01. The molecule has 1 nitrogen and oxygen atoms in total. The summed E-state index contributed by atoms with van der Waals surface area (Å²) in [5.41, 5.74) is -0.200. The smallest absolute Gasteiger partial charge is 0.141 e. The molecule has 0 saturated carbocycles. The first-order valence-electron chi connectivity index (χ1n) is 6.61. The van der Waals surface area contributed by atoms with Gasteiger partial charge < -0.3 is 5.11 Å². The zero-order valence-corrected chi connectivity index (χ0v) is 13.0. The molecule has 0 aliphatic rings. The molecule has 4 heteroatoms. The van der Waals surface area contributed by atoms with E-state index in [2.05, 4.69) is 0 Å². The topological polar surface area (TPSA) is 20.2 Å². The van der Waals surface area contributed by atoms with Crippen molar-refractivity contribution < 1.29 is 9.50 Å². The lowest BCUT2D eigenvalue weighted by Crippen LogP contribution is -2.22. The second-order valence-electron chi connectivity index (χ2n) is 5.35. The predicted octanol–water partition coefficient (Wildman–Crippen LogP) is 5.14. The van der Waals surface area contributed by atoms with Crippen molar-refractivity contribution in [2.75, 3.05) is 0 Å². The SMILES string of the molecule is CC(O)(Cc1ccc(F)c(Cl)c1)c1cc2ccccc2s1. The van der Waals surface area contributed by atoms with E-state index in [0.29, 0.717) is 6.42 Å². The lowest BCUT2D eigenvalue weighted by molar-refractivity contribution is 0.0615. The van der Waals surface area contributed by atoms with Crippen molar-refractivity contribution in [3.8, 4) is 0 Å². The molecule has 0 saturated heterocycles. The third-order valence-corrected chi connectivity index (χ3v) is 5.15. The van der Waals surface area contributed by atoms with Gasteiger partial charge in [-0.15, -0.1) is 11.3 Å². The highest BCUT2D eigenvalue weighted by Gasteiger charge is 2.26. The standard InChI is InChI=1S/C17H14ClFOS/c1-17(20,10-11-6-7-14(19)13(18)8-11)16-9-12-4-2-3-5-15(12)21-16/h2-9,20H,10H2,1H3. The highest BCUT2D eigenvalue weighted by Crippen LogP contribution is 2.35. The minimum absolute atomic E-state index is 0.0830. The molecule has 1 N–H and O–H groups in total. The van der Waals surface area contributed by atoms with Crippen LogP contribution in [0.25, 0.3) is 10.1 Å². The fourth-order valence-electron chi connectivity index (χ4n) is 2.38. The normalized spacial score (nSPS) is 14.3. The molecule has 0 bridgehead atoms. The van der Waals surface area contributed by atoms with E-state index < -0.39 is 11.4 Å². The number of hydrogen-bond acceptors (Lipinski definition) is 2. The molecule has 1 heterocycles. The van der Waals surface area contributed by atoms with Crippen LogP contribution in [-0.4, -0.2) is 5.11 Å². The summed E-state index contributed by atoms with van der Waals surface area (Å²) in [6.07, 6.45) is 0.389. The van der Waals surface area contributed by atoms with Crippen LogP contribution >= 0.6 is 22.9 Å². The van der Waals surface area contributed by atoms with Crippen LogP contribution in [0.15, 0.2) is 48.5 Å². The fourth-order valence-corrected chi connectivity index (χ4v) is 3.69. The summed E-state index contributed by atoms with van der Waals surface area (Å²) in [6.45, 7) is 1.77. The summed E-state index contributed by atoms with van der Waals surface area (Å²) in [4.78, 5) is 0.893. The zero-order valence-electron chi connectivity index (χ0n) is 11.4. The number of fused-ring (bicyclic) bond motifs is 1. The van der Waals surface area contributed by atoms with Crippen molar-refractivity contribution in [3.63, 3.8) is 0 Å². The first kappa shape index (κ1) is 14.5. The van der Waals surface area contributed by atoms with Gasteiger partial charge in [-0.05, 0) is 42.1 Å². The number of hydrogen-bond donors (Lipinski definition) is 1. The molecule has 0 aliphatic carbocycles. The Morgan fingerprint density at radius 1 is 1.19 bits per heavy atom. The van der Waals surface area contributed by atoms with Crippen LogP contribution < -0.4 is 0 Å². The Bertz CT molecular complexity index is 761. The van der Waals surface area contributed by atoms with Gasteiger partial charge in [0.25, 0.3) is 0 Å². The number of thiophene rings is 1. The van der Waals surface area contributed by atoms with Crippen molar-refractivity contribution in [1.82, 2.24) is 0 Å². The molecule has 3 aromatic rings. The van der Waals surface area contributed by atoms with Crippen LogP contribution in [0.5, 0.6) is 0 Å². The van der Waals surface area contributed by atoms with E-state index in [1.54, 1.807) is 30.4 Å². The van der Waals surface area contributed by atoms with Gasteiger partial charge in [0.15, 0.2) is 0 Å². The van der Waals surface area contributed by atoms with Gasteiger partial charge in [-0.3, -0.25) is 0 Å². The molecular weight excluding hydrogens is 307 g/mol. The third-order valence-electron chi connectivity index (χ3n) is 3.49. The van der Waals surface area contributed by atoms with E-state index in [-0.39, 0.29) is 5.02 Å². The molecular formula is C17H14ClFOS. The van der Waals surface area contributed by atoms with E-state index >= 15 is 0 Å². The Kier molecular flexibility index (Phi) is 3.74. The largest absolute Gasteiger partial charge is 0.384 e. The minimum Gasteiger partial charge on any atom is -0.384 e. The molecule has 0 fully saturated rings. The van der Waals surface area contributed by atoms with Crippen molar-refractivity contribution >= 4 is 33.0 Å². The lowest BCUT2D eigenvalue weighted by atomic mass is 9.94. The maximum atomic E-state index is 13.2. The van der Waals surface area contributed by atoms with E-state index in [1.807, 2.05) is 30.3 Å². The Labute approximate surface area is 131 Å². The van der Waals surface area contributed by atoms with Gasteiger partial charge in [0.05, 0.1) is 10.6 Å². The van der Waals surface area contributed by atoms with Crippen molar-refractivity contribution in [2.45, 2.75) is 18.9 Å². The van der Waals surface area contributed by atoms with Gasteiger partial charge in [-0.2, -0.15) is 0 Å². The molecule has 1 aromatic heterocycles. The van der Waals surface area contributed by atoms with Gasteiger partial charge >= 0.3 is 0 Å². The summed E-state index contributed by atoms with van der Waals surface area (Å²) < 4.78 is 14.3. The van der Waals surface area contributed by atoms with Crippen LogP contribution in [0.1, 0.15) is 17.4 Å². The molecule has 3 rings (SSSR count). The summed E-state index contributed by atoms with van der Waals surface area (Å²) in [7, 11) is 0. The number of benzene rings is 2. The van der Waals surface area contributed by atoms with Crippen LogP contribution in [0, 0.1) is 5.82 Å². The summed E-state index contributed by atoms with van der Waals surface area (Å²) in [5, 5.41) is 12.0. The number of aliphatic hydroxyl groups is 1. The van der Waals surface area contributed by atoms with E-state index in [4.69, 9.17) is 11.6 Å². The Hall–Kier alpha value is -1.42. The van der Waals surface area contributed by atoms with Gasteiger partial charge in [-0.1, -0.05) is 35.9 Å². The van der Waals surface area contributed by atoms with E-state index in [0.717, 1.165) is 20.5 Å². The Morgan fingerprint density at radius 3 is 2.67 bits per heavy atom. The van der Waals surface area contributed by atoms with Gasteiger partial charge in [0, 0.05) is 16.0 Å². The third kappa shape index (κ3) is 2.95. The second-order valence-corrected chi connectivity index (χ2v) is 6.84. The summed E-state index contributed by atoms with van der Waals surface area (Å²) >= 11 is 7.37.